The van der Waals surface area contributed by atoms with Gasteiger partial charge in [-0.05, 0) is 55.5 Å². The van der Waals surface area contributed by atoms with Crippen LogP contribution in [0.15, 0.2) is 45.5 Å². The second-order valence-corrected chi connectivity index (χ2v) is 10.6. The van der Waals surface area contributed by atoms with Gasteiger partial charge in [-0.3, -0.25) is 4.79 Å². The standard InChI is InChI=1S/C17H19ClN2O3S3/c1-24-13-7-5-12(6-8-13)19-17(21)14-4-2-3-11-20(14)26(22,23)16-10-9-15(18)25-16/h5-10,14H,2-4,11H2,1H3,(H,19,21). The molecule has 0 aliphatic carbocycles. The summed E-state index contributed by atoms with van der Waals surface area (Å²) in [7, 11) is -3.74. The predicted octanol–water partition coefficient (Wildman–Crippen LogP) is 4.31. The molecule has 0 spiro atoms. The van der Waals surface area contributed by atoms with Gasteiger partial charge in [-0.25, -0.2) is 8.42 Å². The van der Waals surface area contributed by atoms with Crippen molar-refractivity contribution in [2.45, 2.75) is 34.4 Å². The molecule has 0 saturated carbocycles. The maximum absolute atomic E-state index is 12.9. The van der Waals surface area contributed by atoms with E-state index in [9.17, 15) is 13.2 Å². The van der Waals surface area contributed by atoms with Gasteiger partial charge in [0.05, 0.1) is 4.34 Å². The number of nitrogens with zero attached hydrogens (tertiary/aromatic N) is 1. The number of hydrogen-bond donors (Lipinski definition) is 1. The van der Waals surface area contributed by atoms with Gasteiger partial charge in [-0.1, -0.05) is 18.0 Å². The summed E-state index contributed by atoms with van der Waals surface area (Å²) in [6.45, 7) is 0.335. The molecule has 1 aliphatic rings. The number of benzene rings is 1. The van der Waals surface area contributed by atoms with E-state index in [0.717, 1.165) is 29.1 Å². The van der Waals surface area contributed by atoms with E-state index >= 15 is 0 Å². The first-order valence-corrected chi connectivity index (χ1v) is 12.0. The van der Waals surface area contributed by atoms with Gasteiger partial charge in [0, 0.05) is 17.1 Å². The fourth-order valence-electron chi connectivity index (χ4n) is 2.91. The summed E-state index contributed by atoms with van der Waals surface area (Å²) in [5, 5.41) is 2.84. The van der Waals surface area contributed by atoms with Gasteiger partial charge in [-0.15, -0.1) is 23.1 Å². The first-order chi connectivity index (χ1) is 12.4. The molecule has 140 valence electrons. The highest BCUT2D eigenvalue weighted by molar-refractivity contribution is 7.98. The van der Waals surface area contributed by atoms with Crippen LogP contribution < -0.4 is 5.32 Å². The van der Waals surface area contributed by atoms with Crippen LogP contribution in [0, 0.1) is 0 Å². The quantitative estimate of drug-likeness (QED) is 0.718. The third kappa shape index (κ3) is 4.26. The average Bonchev–Trinajstić information content (AvgIpc) is 3.09. The molecular formula is C17H19ClN2O3S3. The van der Waals surface area contributed by atoms with Gasteiger partial charge in [0.1, 0.15) is 10.3 Å². The molecule has 1 N–H and O–H groups in total. The van der Waals surface area contributed by atoms with Crippen LogP contribution in [-0.4, -0.2) is 37.5 Å². The topological polar surface area (TPSA) is 66.5 Å². The lowest BCUT2D eigenvalue weighted by Crippen LogP contribution is -2.49. The largest absolute Gasteiger partial charge is 0.325 e. The second kappa shape index (κ2) is 8.31. The van der Waals surface area contributed by atoms with E-state index in [1.165, 1.54) is 10.4 Å². The Bertz CT molecular complexity index is 881. The fraction of sp³-hybridized carbons (Fsp3) is 0.353. The van der Waals surface area contributed by atoms with Gasteiger partial charge in [0.15, 0.2) is 0 Å². The van der Waals surface area contributed by atoms with Crippen molar-refractivity contribution in [2.24, 2.45) is 0 Å². The highest BCUT2D eigenvalue weighted by Crippen LogP contribution is 2.32. The molecule has 5 nitrogen and oxygen atoms in total. The molecule has 1 unspecified atom stereocenters. The number of amides is 1. The molecule has 1 saturated heterocycles. The fourth-order valence-corrected chi connectivity index (χ4v) is 6.58. The summed E-state index contributed by atoms with van der Waals surface area (Å²) >= 11 is 8.52. The van der Waals surface area contributed by atoms with Crippen molar-refractivity contribution >= 4 is 56.3 Å². The van der Waals surface area contributed by atoms with Crippen LogP contribution in [0.5, 0.6) is 0 Å². The van der Waals surface area contributed by atoms with E-state index in [0.29, 0.717) is 23.0 Å². The second-order valence-electron chi connectivity index (χ2n) is 5.90. The van der Waals surface area contributed by atoms with Gasteiger partial charge in [0.25, 0.3) is 10.0 Å². The summed E-state index contributed by atoms with van der Waals surface area (Å²) in [4.78, 5) is 13.9. The Kier molecular flexibility index (Phi) is 6.29. The van der Waals surface area contributed by atoms with Crippen LogP contribution >= 0.6 is 34.7 Å². The van der Waals surface area contributed by atoms with Gasteiger partial charge in [-0.2, -0.15) is 4.31 Å². The molecule has 3 rings (SSSR count). The SMILES string of the molecule is CSc1ccc(NC(=O)C2CCCCN2S(=O)(=O)c2ccc(Cl)s2)cc1. The number of anilines is 1. The average molecular weight is 431 g/mol. The first kappa shape index (κ1) is 19.7. The van der Waals surface area contributed by atoms with E-state index < -0.39 is 16.1 Å². The zero-order valence-electron chi connectivity index (χ0n) is 14.1. The molecule has 1 aromatic heterocycles. The van der Waals surface area contributed by atoms with E-state index in [-0.39, 0.29) is 10.1 Å². The highest BCUT2D eigenvalue weighted by atomic mass is 35.5. The molecule has 2 heterocycles. The third-order valence-electron chi connectivity index (χ3n) is 4.23. The van der Waals surface area contributed by atoms with Crippen molar-refractivity contribution in [1.29, 1.82) is 0 Å². The molecule has 1 atom stereocenters. The normalized spacial score (nSPS) is 18.6. The molecule has 1 amide bonds. The first-order valence-electron chi connectivity index (χ1n) is 8.14. The van der Waals surface area contributed by atoms with Gasteiger partial charge >= 0.3 is 0 Å². The van der Waals surface area contributed by atoms with Crippen LogP contribution in [-0.2, 0) is 14.8 Å². The number of piperidine rings is 1. The monoisotopic (exact) mass is 430 g/mol. The van der Waals surface area contributed by atoms with Crippen molar-refractivity contribution in [3.63, 3.8) is 0 Å². The summed E-state index contributed by atoms with van der Waals surface area (Å²) in [6, 6.07) is 9.83. The van der Waals surface area contributed by atoms with Crippen LogP contribution in [0.4, 0.5) is 5.69 Å². The van der Waals surface area contributed by atoms with Crippen LogP contribution in [0.25, 0.3) is 0 Å². The number of carbonyl (C=O) groups excluding carboxylic acids is 1. The van der Waals surface area contributed by atoms with Gasteiger partial charge < -0.3 is 5.32 Å². The number of hydrogen-bond acceptors (Lipinski definition) is 5. The van der Waals surface area contributed by atoms with E-state index in [1.54, 1.807) is 17.8 Å². The van der Waals surface area contributed by atoms with Crippen molar-refractivity contribution in [2.75, 3.05) is 18.1 Å². The van der Waals surface area contributed by atoms with E-state index in [1.807, 2.05) is 30.5 Å². The smallest absolute Gasteiger partial charge is 0.253 e. The zero-order valence-corrected chi connectivity index (χ0v) is 17.3. The van der Waals surface area contributed by atoms with Crippen molar-refractivity contribution in [3.05, 3.63) is 40.7 Å². The zero-order chi connectivity index (χ0) is 18.7. The lowest BCUT2D eigenvalue weighted by Gasteiger charge is -2.33. The van der Waals surface area contributed by atoms with Gasteiger partial charge in [0.2, 0.25) is 5.91 Å². The number of thiophene rings is 1. The number of sulfonamides is 1. The lowest BCUT2D eigenvalue weighted by atomic mass is 10.0. The predicted molar refractivity (Wildman–Crippen MR) is 108 cm³/mol. The highest BCUT2D eigenvalue weighted by Gasteiger charge is 2.38. The van der Waals surface area contributed by atoms with Crippen molar-refractivity contribution in [3.8, 4) is 0 Å². The minimum Gasteiger partial charge on any atom is -0.325 e. The number of carbonyl (C=O) groups is 1. The van der Waals surface area contributed by atoms with Crippen molar-refractivity contribution < 1.29 is 13.2 Å². The molecule has 0 bridgehead atoms. The van der Waals surface area contributed by atoms with Crippen LogP contribution in [0.1, 0.15) is 19.3 Å². The molecular weight excluding hydrogens is 412 g/mol. The van der Waals surface area contributed by atoms with E-state index in [2.05, 4.69) is 5.32 Å². The Balaban J connectivity index is 1.80. The van der Waals surface area contributed by atoms with E-state index in [4.69, 9.17) is 11.6 Å². The summed E-state index contributed by atoms with van der Waals surface area (Å²) in [5.74, 6) is -0.298. The summed E-state index contributed by atoms with van der Waals surface area (Å²) in [5.41, 5.74) is 0.662. The number of thioether (sulfide) groups is 1. The maximum Gasteiger partial charge on any atom is 0.253 e. The molecule has 1 aliphatic heterocycles. The molecule has 0 radical (unpaired) electrons. The molecule has 9 heteroatoms. The Morgan fingerprint density at radius 3 is 2.58 bits per heavy atom. The molecule has 1 fully saturated rings. The Labute approximate surface area is 166 Å². The van der Waals surface area contributed by atoms with Crippen LogP contribution in [0.3, 0.4) is 0 Å². The minimum absolute atomic E-state index is 0.173. The summed E-state index contributed by atoms with van der Waals surface area (Å²) in [6.07, 6.45) is 4.05. The molecule has 2 aromatic rings. The number of rotatable bonds is 5. The number of nitrogens with one attached hydrogen (secondary N) is 1. The maximum atomic E-state index is 12.9. The molecule has 1 aromatic carbocycles. The minimum atomic E-state index is -3.74. The lowest BCUT2D eigenvalue weighted by molar-refractivity contribution is -0.120. The van der Waals surface area contributed by atoms with Crippen molar-refractivity contribution in [1.82, 2.24) is 4.31 Å². The Morgan fingerprint density at radius 2 is 1.96 bits per heavy atom. The van der Waals surface area contributed by atoms with Crippen LogP contribution in [0.2, 0.25) is 4.34 Å². The Morgan fingerprint density at radius 1 is 1.23 bits per heavy atom. The molecule has 26 heavy (non-hydrogen) atoms. The third-order valence-corrected chi connectivity index (χ3v) is 8.58. The Hall–Kier alpha value is -1.06. The number of halogens is 1. The summed E-state index contributed by atoms with van der Waals surface area (Å²) < 4.78 is 27.8.